The highest BCUT2D eigenvalue weighted by Crippen LogP contribution is 2.34. The molecule has 0 saturated carbocycles. The van der Waals surface area contributed by atoms with Gasteiger partial charge in [-0.3, -0.25) is 4.79 Å². The molecule has 1 heterocycles. The van der Waals surface area contributed by atoms with Gasteiger partial charge in [-0.05, 0) is 30.2 Å². The molecule has 0 aromatic heterocycles. The van der Waals surface area contributed by atoms with Crippen LogP contribution in [-0.4, -0.2) is 17.6 Å². The fraction of sp³-hybridized carbons (Fsp3) is 0.364. The van der Waals surface area contributed by atoms with Crippen molar-refractivity contribution < 1.29 is 23.1 Å². The van der Waals surface area contributed by atoms with E-state index in [4.69, 9.17) is 5.11 Å². The summed E-state index contributed by atoms with van der Waals surface area (Å²) in [6.45, 7) is 0.244. The second-order valence-corrected chi connectivity index (χ2v) is 3.99. The molecule has 0 saturated heterocycles. The van der Waals surface area contributed by atoms with Crippen LogP contribution in [0.5, 0.6) is 0 Å². The fourth-order valence-electron chi connectivity index (χ4n) is 1.86. The number of nitrogens with one attached hydrogen (secondary N) is 1. The van der Waals surface area contributed by atoms with Gasteiger partial charge in [0.25, 0.3) is 0 Å². The van der Waals surface area contributed by atoms with Gasteiger partial charge < -0.3 is 10.4 Å². The fourth-order valence-corrected chi connectivity index (χ4v) is 1.86. The summed E-state index contributed by atoms with van der Waals surface area (Å²) in [4.78, 5) is 10.8. The molecule has 92 valence electrons. The number of carboxylic acid groups (broad SMARTS) is 1. The van der Waals surface area contributed by atoms with Crippen LogP contribution in [0.25, 0.3) is 0 Å². The summed E-state index contributed by atoms with van der Waals surface area (Å²) < 4.78 is 37.4. The van der Waals surface area contributed by atoms with Crippen molar-refractivity contribution in [1.29, 1.82) is 0 Å². The summed E-state index contributed by atoms with van der Waals surface area (Å²) in [5, 5.41) is 11.7. The molecule has 1 atom stereocenters. The average Bonchev–Trinajstić information content (AvgIpc) is 2.26. The van der Waals surface area contributed by atoms with Gasteiger partial charge >= 0.3 is 12.1 Å². The van der Waals surface area contributed by atoms with Crippen LogP contribution in [0, 0.1) is 5.92 Å². The van der Waals surface area contributed by atoms with Crippen molar-refractivity contribution in [2.75, 3.05) is 11.9 Å². The third-order valence-corrected chi connectivity index (χ3v) is 2.79. The SMILES string of the molecule is O=C(O)[C@@H]1CNc2ccc(C(F)(F)F)cc2C1. The lowest BCUT2D eigenvalue weighted by Gasteiger charge is -2.24. The van der Waals surface area contributed by atoms with Gasteiger partial charge in [-0.2, -0.15) is 13.2 Å². The van der Waals surface area contributed by atoms with Gasteiger partial charge in [-0.1, -0.05) is 0 Å². The van der Waals surface area contributed by atoms with Crippen LogP contribution in [-0.2, 0) is 17.4 Å². The maximum Gasteiger partial charge on any atom is 0.416 e. The Hall–Kier alpha value is -1.72. The van der Waals surface area contributed by atoms with Crippen molar-refractivity contribution in [1.82, 2.24) is 0 Å². The van der Waals surface area contributed by atoms with Crippen LogP contribution in [0.2, 0.25) is 0 Å². The average molecular weight is 245 g/mol. The first-order chi connectivity index (χ1) is 7.88. The van der Waals surface area contributed by atoms with Gasteiger partial charge in [0.2, 0.25) is 0 Å². The number of hydrogen-bond acceptors (Lipinski definition) is 2. The first kappa shape index (κ1) is 11.8. The van der Waals surface area contributed by atoms with E-state index in [-0.39, 0.29) is 13.0 Å². The number of anilines is 1. The zero-order valence-electron chi connectivity index (χ0n) is 8.71. The maximum atomic E-state index is 12.5. The molecule has 6 heteroatoms. The molecule has 0 aliphatic carbocycles. The number of carboxylic acids is 1. The molecule has 0 fully saturated rings. The number of rotatable bonds is 1. The predicted molar refractivity (Wildman–Crippen MR) is 54.8 cm³/mol. The molecule has 3 nitrogen and oxygen atoms in total. The third kappa shape index (κ3) is 2.35. The molecule has 17 heavy (non-hydrogen) atoms. The van der Waals surface area contributed by atoms with Crippen molar-refractivity contribution in [3.05, 3.63) is 29.3 Å². The van der Waals surface area contributed by atoms with E-state index in [1.54, 1.807) is 0 Å². The first-order valence-corrected chi connectivity index (χ1v) is 5.04. The largest absolute Gasteiger partial charge is 0.481 e. The standard InChI is InChI=1S/C11H10F3NO2/c12-11(13,14)8-1-2-9-6(4-8)3-7(5-15-9)10(16)17/h1-2,4,7,15H,3,5H2,(H,16,17)/t7-/m0/s1. The van der Waals surface area contributed by atoms with Crippen molar-refractivity contribution in [3.63, 3.8) is 0 Å². The monoisotopic (exact) mass is 245 g/mol. The summed E-state index contributed by atoms with van der Waals surface area (Å²) in [6, 6.07) is 3.35. The highest BCUT2D eigenvalue weighted by molar-refractivity contribution is 5.73. The van der Waals surface area contributed by atoms with E-state index < -0.39 is 23.6 Å². The highest BCUT2D eigenvalue weighted by atomic mass is 19.4. The molecular weight excluding hydrogens is 235 g/mol. The molecule has 2 rings (SSSR count). The second kappa shape index (κ2) is 3.94. The van der Waals surface area contributed by atoms with Gasteiger partial charge in [0.15, 0.2) is 0 Å². The second-order valence-electron chi connectivity index (χ2n) is 3.99. The normalized spacial score (nSPS) is 19.4. The molecular formula is C11H10F3NO2. The molecule has 0 amide bonds. The zero-order valence-corrected chi connectivity index (χ0v) is 8.71. The van der Waals surface area contributed by atoms with E-state index in [0.717, 1.165) is 12.1 Å². The molecule has 1 aromatic rings. The van der Waals surface area contributed by atoms with Crippen molar-refractivity contribution in [2.24, 2.45) is 5.92 Å². The topological polar surface area (TPSA) is 49.3 Å². The van der Waals surface area contributed by atoms with E-state index in [2.05, 4.69) is 5.32 Å². The summed E-state index contributed by atoms with van der Waals surface area (Å²) in [7, 11) is 0. The minimum atomic E-state index is -4.40. The summed E-state index contributed by atoms with van der Waals surface area (Å²) in [5.74, 6) is -1.67. The molecule has 0 spiro atoms. The van der Waals surface area contributed by atoms with E-state index in [1.165, 1.54) is 6.07 Å². The van der Waals surface area contributed by atoms with Crippen LogP contribution in [0.4, 0.5) is 18.9 Å². The van der Waals surface area contributed by atoms with Gasteiger partial charge in [0, 0.05) is 12.2 Å². The lowest BCUT2D eigenvalue weighted by Crippen LogP contribution is -2.29. The van der Waals surface area contributed by atoms with Gasteiger partial charge in [0.05, 0.1) is 11.5 Å². The van der Waals surface area contributed by atoms with Crippen LogP contribution >= 0.6 is 0 Å². The Morgan fingerprint density at radius 1 is 1.41 bits per heavy atom. The Bertz CT molecular complexity index is 457. The van der Waals surface area contributed by atoms with Gasteiger partial charge in [0.1, 0.15) is 0 Å². The van der Waals surface area contributed by atoms with Crippen LogP contribution < -0.4 is 5.32 Å². The summed E-state index contributed by atoms with van der Waals surface area (Å²) >= 11 is 0. The molecule has 0 unspecified atom stereocenters. The number of halogens is 3. The van der Waals surface area contributed by atoms with E-state index in [1.807, 2.05) is 0 Å². The quantitative estimate of drug-likeness (QED) is 0.798. The minimum Gasteiger partial charge on any atom is -0.481 e. The van der Waals surface area contributed by atoms with Crippen LogP contribution in [0.1, 0.15) is 11.1 Å². The van der Waals surface area contributed by atoms with Crippen LogP contribution in [0.3, 0.4) is 0 Å². The number of alkyl halides is 3. The zero-order chi connectivity index (χ0) is 12.6. The lowest BCUT2D eigenvalue weighted by molar-refractivity contribution is -0.141. The Kier molecular flexibility index (Phi) is 2.73. The Labute approximate surface area is 95.3 Å². The molecule has 1 aromatic carbocycles. The van der Waals surface area contributed by atoms with E-state index in [9.17, 15) is 18.0 Å². The van der Waals surface area contributed by atoms with E-state index in [0.29, 0.717) is 11.3 Å². The number of benzene rings is 1. The smallest absolute Gasteiger partial charge is 0.416 e. The maximum absolute atomic E-state index is 12.5. The minimum absolute atomic E-state index is 0.127. The van der Waals surface area contributed by atoms with Crippen LogP contribution in [0.15, 0.2) is 18.2 Å². The van der Waals surface area contributed by atoms with Crippen molar-refractivity contribution >= 4 is 11.7 Å². The highest BCUT2D eigenvalue weighted by Gasteiger charge is 2.32. The molecule has 2 N–H and O–H groups in total. The van der Waals surface area contributed by atoms with Crippen molar-refractivity contribution in [2.45, 2.75) is 12.6 Å². The lowest BCUT2D eigenvalue weighted by atomic mass is 9.93. The Balaban J connectivity index is 2.32. The molecule has 0 bridgehead atoms. The molecule has 1 aliphatic heterocycles. The molecule has 0 radical (unpaired) electrons. The number of fused-ring (bicyclic) bond motifs is 1. The number of hydrogen-bond donors (Lipinski definition) is 2. The Morgan fingerprint density at radius 3 is 2.71 bits per heavy atom. The van der Waals surface area contributed by atoms with Gasteiger partial charge in [-0.25, -0.2) is 0 Å². The van der Waals surface area contributed by atoms with Crippen molar-refractivity contribution in [3.8, 4) is 0 Å². The first-order valence-electron chi connectivity index (χ1n) is 5.04. The number of aliphatic carboxylic acids is 1. The van der Waals surface area contributed by atoms with Gasteiger partial charge in [-0.15, -0.1) is 0 Å². The third-order valence-electron chi connectivity index (χ3n) is 2.79. The summed E-state index contributed by atoms with van der Waals surface area (Å²) in [5.41, 5.74) is 0.234. The van der Waals surface area contributed by atoms with E-state index >= 15 is 0 Å². The number of carbonyl (C=O) groups is 1. The Morgan fingerprint density at radius 2 is 2.12 bits per heavy atom. The molecule has 1 aliphatic rings. The summed E-state index contributed by atoms with van der Waals surface area (Å²) in [6.07, 6.45) is -4.27. The predicted octanol–water partition coefficient (Wildman–Crippen LogP) is 2.37.